The quantitative estimate of drug-likeness (QED) is 0.717. The highest BCUT2D eigenvalue weighted by atomic mass is 16.1. The molecule has 0 fully saturated rings. The zero-order valence-corrected chi connectivity index (χ0v) is 9.76. The number of Topliss-reactive ketones (excluding diaryl/α,β-unsaturated/α-hetero) is 1. The Kier molecular flexibility index (Phi) is 2.32. The molecular formula is C16H14O. The molecule has 3 rings (SSSR count). The van der Waals surface area contributed by atoms with Gasteiger partial charge >= 0.3 is 0 Å². The summed E-state index contributed by atoms with van der Waals surface area (Å²) in [7, 11) is 0. The molecule has 0 unspecified atom stereocenters. The monoisotopic (exact) mass is 222 g/mol. The predicted molar refractivity (Wildman–Crippen MR) is 68.4 cm³/mol. The lowest BCUT2D eigenvalue weighted by atomic mass is 9.87. The van der Waals surface area contributed by atoms with E-state index in [-0.39, 0.29) is 17.6 Å². The Balaban J connectivity index is 2.10. The van der Waals surface area contributed by atoms with E-state index in [2.05, 4.69) is 13.0 Å². The SMILES string of the molecule is C[C@H]1c2ccccc2C(=O)[C@H]1c1ccccc1. The fraction of sp³-hybridized carbons (Fsp3) is 0.188. The van der Waals surface area contributed by atoms with Crippen molar-refractivity contribution in [2.45, 2.75) is 18.8 Å². The summed E-state index contributed by atoms with van der Waals surface area (Å²) in [6.45, 7) is 2.14. The number of rotatable bonds is 1. The number of hydrogen-bond acceptors (Lipinski definition) is 1. The van der Waals surface area contributed by atoms with Crippen LogP contribution in [0.15, 0.2) is 54.6 Å². The molecule has 0 N–H and O–H groups in total. The average molecular weight is 222 g/mol. The molecule has 0 amide bonds. The molecule has 84 valence electrons. The van der Waals surface area contributed by atoms with Gasteiger partial charge in [0.05, 0.1) is 5.92 Å². The van der Waals surface area contributed by atoms with Gasteiger partial charge in [0.2, 0.25) is 0 Å². The molecule has 17 heavy (non-hydrogen) atoms. The molecule has 0 saturated carbocycles. The normalized spacial score (nSPS) is 22.5. The Morgan fingerprint density at radius 2 is 1.53 bits per heavy atom. The molecule has 1 aliphatic carbocycles. The van der Waals surface area contributed by atoms with Crippen molar-refractivity contribution in [3.05, 3.63) is 71.3 Å². The predicted octanol–water partition coefficient (Wildman–Crippen LogP) is 3.77. The highest BCUT2D eigenvalue weighted by molar-refractivity contribution is 6.06. The second-order valence-corrected chi connectivity index (χ2v) is 4.63. The number of ketones is 1. The number of hydrogen-bond donors (Lipinski definition) is 0. The number of benzene rings is 2. The first kappa shape index (κ1) is 10.3. The van der Waals surface area contributed by atoms with Crippen molar-refractivity contribution in [2.24, 2.45) is 0 Å². The largest absolute Gasteiger partial charge is 0.293 e. The van der Waals surface area contributed by atoms with Crippen molar-refractivity contribution < 1.29 is 4.79 Å². The smallest absolute Gasteiger partial charge is 0.171 e. The van der Waals surface area contributed by atoms with Crippen molar-refractivity contribution in [3.8, 4) is 0 Å². The molecule has 1 heteroatoms. The Morgan fingerprint density at radius 3 is 2.24 bits per heavy atom. The first-order valence-corrected chi connectivity index (χ1v) is 5.97. The van der Waals surface area contributed by atoms with Crippen LogP contribution in [0.5, 0.6) is 0 Å². The van der Waals surface area contributed by atoms with Crippen molar-refractivity contribution in [2.75, 3.05) is 0 Å². The molecule has 0 spiro atoms. The van der Waals surface area contributed by atoms with E-state index in [9.17, 15) is 4.79 Å². The van der Waals surface area contributed by atoms with Crippen LogP contribution >= 0.6 is 0 Å². The summed E-state index contributed by atoms with van der Waals surface area (Å²) in [6.07, 6.45) is 0. The minimum atomic E-state index is -0.00593. The van der Waals surface area contributed by atoms with E-state index in [0.717, 1.165) is 11.1 Å². The molecular weight excluding hydrogens is 208 g/mol. The molecule has 1 nitrogen and oxygen atoms in total. The maximum atomic E-state index is 12.4. The van der Waals surface area contributed by atoms with Crippen LogP contribution in [0, 0.1) is 0 Å². The third kappa shape index (κ3) is 1.50. The van der Waals surface area contributed by atoms with Gasteiger partial charge in [0, 0.05) is 5.56 Å². The van der Waals surface area contributed by atoms with Gasteiger partial charge in [-0.2, -0.15) is 0 Å². The van der Waals surface area contributed by atoms with Crippen LogP contribution in [0.4, 0.5) is 0 Å². The van der Waals surface area contributed by atoms with Gasteiger partial charge in [-0.15, -0.1) is 0 Å². The van der Waals surface area contributed by atoms with Crippen molar-refractivity contribution >= 4 is 5.78 Å². The molecule has 0 aromatic heterocycles. The standard InChI is InChI=1S/C16H14O/c1-11-13-9-5-6-10-14(13)16(17)15(11)12-7-3-2-4-8-12/h2-11,15H,1H3/t11-,15+/m0/s1. The zero-order chi connectivity index (χ0) is 11.8. The summed E-state index contributed by atoms with van der Waals surface area (Å²) in [5.41, 5.74) is 3.21. The second-order valence-electron chi connectivity index (χ2n) is 4.63. The van der Waals surface area contributed by atoms with E-state index in [0.29, 0.717) is 0 Å². The van der Waals surface area contributed by atoms with Crippen molar-refractivity contribution in [1.29, 1.82) is 0 Å². The van der Waals surface area contributed by atoms with E-state index in [1.165, 1.54) is 5.56 Å². The average Bonchev–Trinajstić information content (AvgIpc) is 2.64. The number of fused-ring (bicyclic) bond motifs is 1. The lowest BCUT2D eigenvalue weighted by Gasteiger charge is -2.14. The maximum absolute atomic E-state index is 12.4. The van der Waals surface area contributed by atoms with Crippen molar-refractivity contribution in [1.82, 2.24) is 0 Å². The van der Waals surface area contributed by atoms with Crippen LogP contribution in [0.1, 0.15) is 40.2 Å². The minimum Gasteiger partial charge on any atom is -0.293 e. The fourth-order valence-electron chi connectivity index (χ4n) is 2.79. The minimum absolute atomic E-state index is 0.00593. The van der Waals surface area contributed by atoms with E-state index >= 15 is 0 Å². The molecule has 1 aliphatic rings. The maximum Gasteiger partial charge on any atom is 0.171 e. The van der Waals surface area contributed by atoms with E-state index in [1.54, 1.807) is 0 Å². The van der Waals surface area contributed by atoms with Crippen LogP contribution in [0.2, 0.25) is 0 Å². The van der Waals surface area contributed by atoms with Gasteiger partial charge in [-0.05, 0) is 17.0 Å². The lowest BCUT2D eigenvalue weighted by molar-refractivity contribution is 0.0966. The van der Waals surface area contributed by atoms with Crippen molar-refractivity contribution in [3.63, 3.8) is 0 Å². The molecule has 2 aromatic carbocycles. The molecule has 0 bridgehead atoms. The van der Waals surface area contributed by atoms with Crippen LogP contribution in [0.3, 0.4) is 0 Å². The summed E-state index contributed by atoms with van der Waals surface area (Å²) in [5, 5.41) is 0. The summed E-state index contributed by atoms with van der Waals surface area (Å²) in [4.78, 5) is 12.4. The molecule has 0 heterocycles. The summed E-state index contributed by atoms with van der Waals surface area (Å²) < 4.78 is 0. The van der Waals surface area contributed by atoms with Crippen LogP contribution in [0.25, 0.3) is 0 Å². The van der Waals surface area contributed by atoms with Gasteiger partial charge in [0.25, 0.3) is 0 Å². The highest BCUT2D eigenvalue weighted by Crippen LogP contribution is 2.43. The van der Waals surface area contributed by atoms with Crippen LogP contribution < -0.4 is 0 Å². The third-order valence-corrected chi connectivity index (χ3v) is 3.66. The van der Waals surface area contributed by atoms with Gasteiger partial charge < -0.3 is 0 Å². The number of carbonyl (C=O) groups is 1. The Labute approximate surface area is 101 Å². The first-order chi connectivity index (χ1) is 8.29. The Morgan fingerprint density at radius 1 is 0.882 bits per heavy atom. The molecule has 2 aromatic rings. The Hall–Kier alpha value is -1.89. The molecule has 0 radical (unpaired) electrons. The summed E-state index contributed by atoms with van der Waals surface area (Å²) in [6, 6.07) is 18.0. The van der Waals surface area contributed by atoms with Gasteiger partial charge in [-0.1, -0.05) is 61.5 Å². The molecule has 2 atom stereocenters. The third-order valence-electron chi connectivity index (χ3n) is 3.66. The topological polar surface area (TPSA) is 17.1 Å². The molecule has 0 saturated heterocycles. The fourth-order valence-corrected chi connectivity index (χ4v) is 2.79. The van der Waals surface area contributed by atoms with Gasteiger partial charge in [0.1, 0.15) is 0 Å². The van der Waals surface area contributed by atoms with Gasteiger partial charge in [-0.3, -0.25) is 4.79 Å². The Bertz CT molecular complexity index is 557. The lowest BCUT2D eigenvalue weighted by Crippen LogP contribution is -2.09. The van der Waals surface area contributed by atoms with Crippen LogP contribution in [-0.4, -0.2) is 5.78 Å². The second kappa shape index (κ2) is 3.85. The van der Waals surface area contributed by atoms with Gasteiger partial charge in [0.15, 0.2) is 5.78 Å². The first-order valence-electron chi connectivity index (χ1n) is 5.97. The zero-order valence-electron chi connectivity index (χ0n) is 9.76. The summed E-state index contributed by atoms with van der Waals surface area (Å²) >= 11 is 0. The van der Waals surface area contributed by atoms with E-state index < -0.39 is 0 Å². The van der Waals surface area contributed by atoms with E-state index in [4.69, 9.17) is 0 Å². The molecule has 0 aliphatic heterocycles. The number of carbonyl (C=O) groups excluding carboxylic acids is 1. The van der Waals surface area contributed by atoms with E-state index in [1.807, 2.05) is 48.5 Å². The highest BCUT2D eigenvalue weighted by Gasteiger charge is 2.37. The van der Waals surface area contributed by atoms with Crippen LogP contribution in [-0.2, 0) is 0 Å². The van der Waals surface area contributed by atoms with Gasteiger partial charge in [-0.25, -0.2) is 0 Å². The summed E-state index contributed by atoms with van der Waals surface area (Å²) in [5.74, 6) is 0.536.